The second-order valence-electron chi connectivity index (χ2n) is 33.4. The maximum atomic E-state index is 8.66. The maximum Gasteiger partial charge on any atom is 0.216 e. The van der Waals surface area contributed by atoms with E-state index in [2.05, 4.69) is 134 Å². The van der Waals surface area contributed by atoms with Crippen LogP contribution >= 0.6 is 0 Å². The molecule has 16 aromatic heterocycles. The van der Waals surface area contributed by atoms with E-state index in [0.29, 0.717) is 73.1 Å². The number of hydrogen-bond acceptors (Lipinski definition) is 16. The molecule has 16 nitrogen and oxygen atoms in total. The van der Waals surface area contributed by atoms with E-state index < -0.39 is 63.4 Å². The fourth-order valence-corrected chi connectivity index (χ4v) is 16.3. The minimum Gasteiger partial charge on any atom is -0.486 e. The zero-order valence-corrected chi connectivity index (χ0v) is 93.2. The van der Waals surface area contributed by atoms with E-state index >= 15 is 0 Å². The van der Waals surface area contributed by atoms with Crippen LogP contribution in [0.1, 0.15) is 174 Å². The Bertz CT molecular complexity index is 8970. The molecule has 760 valence electrons. The minimum absolute atomic E-state index is 0. The number of benzene rings is 8. The van der Waals surface area contributed by atoms with Crippen LogP contribution in [0.2, 0.25) is 0 Å². The number of rotatable bonds is 16. The second-order valence-corrected chi connectivity index (χ2v) is 33.4. The number of aryl methyl sites for hydroxylation is 10. The largest absolute Gasteiger partial charge is 0.486 e. The van der Waals surface area contributed by atoms with Crippen LogP contribution in [0.5, 0.6) is 0 Å². The molecule has 24 aromatic rings. The molecule has 0 aliphatic carbocycles. The molecule has 4 radical (unpaired) electrons. The predicted octanol–water partition coefficient (Wildman–Crippen LogP) is 32.4. The average Bonchev–Trinajstić information content (AvgIpc) is 0.796. The normalized spacial score (nSPS) is 13.6. The summed E-state index contributed by atoms with van der Waals surface area (Å²) in [6, 6.07) is 116. The summed E-state index contributed by atoms with van der Waals surface area (Å²) < 4.78 is 177. The van der Waals surface area contributed by atoms with Gasteiger partial charge in [0.25, 0.3) is 0 Å². The Morgan fingerprint density at radius 3 is 0.833 bits per heavy atom. The van der Waals surface area contributed by atoms with E-state index in [9.17, 15) is 0 Å². The molecule has 20 heteroatoms. The molecule has 1 atom stereocenters. The first-order valence-corrected chi connectivity index (χ1v) is 47.4. The smallest absolute Gasteiger partial charge is 0.216 e. The van der Waals surface area contributed by atoms with Crippen molar-refractivity contribution < 1.29 is 124 Å². The van der Waals surface area contributed by atoms with Crippen molar-refractivity contribution in [2.45, 2.75) is 147 Å². The predicted molar refractivity (Wildman–Crippen MR) is 592 cm³/mol. The molecular weight excluding hydrogens is 2560 g/mol. The van der Waals surface area contributed by atoms with Crippen LogP contribution in [0, 0.1) is 76.2 Å². The van der Waals surface area contributed by atoms with E-state index in [1.165, 1.54) is 57.3 Å². The Labute approximate surface area is 958 Å². The van der Waals surface area contributed by atoms with Crippen molar-refractivity contribution in [3.8, 4) is 90.1 Å². The van der Waals surface area contributed by atoms with Gasteiger partial charge in [-0.1, -0.05) is 202 Å². The number of furan rings is 4. The Morgan fingerprint density at radius 2 is 0.547 bits per heavy atom. The fourth-order valence-electron chi connectivity index (χ4n) is 16.3. The van der Waals surface area contributed by atoms with Crippen LogP contribution in [0.25, 0.3) is 178 Å². The summed E-state index contributed by atoms with van der Waals surface area (Å²) in [6.07, 6.45) is 7.42. The molecule has 0 aliphatic rings. The molecule has 0 fully saturated rings. The third-order valence-electron chi connectivity index (χ3n) is 23.7. The Balaban J connectivity index is 0.000000163. The van der Waals surface area contributed by atoms with Crippen LogP contribution in [0.15, 0.2) is 358 Å². The van der Waals surface area contributed by atoms with Crippen molar-refractivity contribution in [1.29, 1.82) is 0 Å². The van der Waals surface area contributed by atoms with Crippen molar-refractivity contribution in [2.24, 2.45) is 0 Å². The monoisotopic (exact) mass is 2700 g/mol. The van der Waals surface area contributed by atoms with Gasteiger partial charge in [-0.25, -0.2) is 19.9 Å². The first-order chi connectivity index (χ1) is 78.5. The summed E-state index contributed by atoms with van der Waals surface area (Å²) in [5.74, 6) is -5.12. The zero-order valence-electron chi connectivity index (χ0n) is 103. The molecule has 1 unspecified atom stereocenters. The van der Waals surface area contributed by atoms with Crippen molar-refractivity contribution in [3.05, 3.63) is 457 Å². The zero-order chi connectivity index (χ0) is 118. The van der Waals surface area contributed by atoms with Crippen LogP contribution in [-0.2, 0) is 119 Å². The number of hydrogen-bond donors (Lipinski definition) is 0. The van der Waals surface area contributed by atoms with Gasteiger partial charge in [-0.05, 0) is 224 Å². The maximum absolute atomic E-state index is 8.66. The number of pyridine rings is 12. The van der Waals surface area contributed by atoms with Gasteiger partial charge in [0.15, 0.2) is 0 Å². The summed E-state index contributed by atoms with van der Waals surface area (Å²) >= 11 is 0. The summed E-state index contributed by atoms with van der Waals surface area (Å²) in [5.41, 5.74) is 22.5. The van der Waals surface area contributed by atoms with Crippen molar-refractivity contribution in [1.82, 2.24) is 59.8 Å². The SMILES string of the molecule is CCc1cnc(-c2[c-]ccc3c2oc2nc(C)ccc23)cc1CC.[2H]C([2H])(C)c1cc(-c2[c-]ccc3c2oc2nc(C)ccc23)ncc1C([2H])(C)C([2H])([2H])[2H].[2H]C([2H])(C)c1cnc(-c2[c-]ccc3c2oc2nc(C)ccc23)cc1C([2H])(C([2H])([2H])[2H])C([2H])([2H])[2H].[2H]C([2H])(C)c1cnc(-c2[c-]ccc3c2oc2nc(C)ccc23)cc1C([2H])([2H])C.[Ir].[Ir].[Ir].[Ir].[c-]1ccccc1-c1ccccn1.[c-]1ccccc1-c1ccccn1.[c-]1ccccc1-c1ccccn1.[c-]1ccccc1-c1ccccn1. The molecule has 8 aromatic carbocycles. The van der Waals surface area contributed by atoms with Gasteiger partial charge in [0.2, 0.25) is 22.9 Å². The van der Waals surface area contributed by atoms with E-state index in [1.54, 1.807) is 55.1 Å². The van der Waals surface area contributed by atoms with E-state index in [1.807, 2.05) is 270 Å². The van der Waals surface area contributed by atoms with Gasteiger partial charge in [-0.2, -0.15) is 0 Å². The van der Waals surface area contributed by atoms with Crippen LogP contribution in [-0.4, -0.2) is 59.8 Å². The third kappa shape index (κ3) is 27.1. The Hall–Kier alpha value is -14.6. The molecule has 0 aliphatic heterocycles. The van der Waals surface area contributed by atoms with E-state index in [-0.39, 0.29) is 114 Å². The second kappa shape index (κ2) is 54.5. The summed E-state index contributed by atoms with van der Waals surface area (Å²) in [7, 11) is 0. The topological polar surface area (TPSA) is 207 Å². The number of aromatic nitrogens is 12. The number of nitrogens with zero attached hydrogens (tertiary/aromatic N) is 12. The summed E-state index contributed by atoms with van der Waals surface area (Å²) in [6.45, 7) is 9.26. The Kier molecular flexibility index (Phi) is 32.1. The van der Waals surface area contributed by atoms with Gasteiger partial charge in [-0.15, -0.1) is 216 Å². The molecular formula is C130H112Ir4N12O4-8. The first kappa shape index (κ1) is 88.3. The van der Waals surface area contributed by atoms with Gasteiger partial charge in [0.05, 0.1) is 22.3 Å². The van der Waals surface area contributed by atoms with Crippen molar-refractivity contribution >= 4 is 88.3 Å². The number of fused-ring (bicyclic) bond motifs is 12. The molecule has 0 spiro atoms. The standard InChI is InChI=1S/2C22H21N2O.2C21H19N2O.4C11H8N.4Ir/c1-5-15-12-23-20(11-19(15)13(2)3)18-8-6-7-16-17-10-9-14(4)24-22(17)25-21(16)18;1-5-15-11-20(23-12-19(15)13(2)3)18-8-6-7-16-17-10-9-14(4)24-22(17)25-21(16)18;2*1-4-14-11-19(22-12-15(14)5-2)18-8-6-7-16-17-10-9-13(3)23-21(17)24-20(16)18;4*1-2-6-10(7-3-1)11-8-4-5-9-12-11;;;;/h2*6-7,9-13H,5H2,1-4H3;2*6-7,9-12H,4-5H2,1-3H3;4*1-6,8-9H;;;;/q8*-1;;;;/i2D3,3D3,5D2,13D;2D3,5D2,13D;4D2,5D2;;;;;;;;;. The first-order valence-electron chi connectivity index (χ1n) is 56.9. The molecule has 0 saturated carbocycles. The average molecular weight is 2690 g/mol. The molecule has 24 rings (SSSR count). The quantitative estimate of drug-likeness (QED) is 0.0824. The van der Waals surface area contributed by atoms with Crippen molar-refractivity contribution in [3.63, 3.8) is 0 Å². The molecule has 16 heterocycles. The molecule has 150 heavy (non-hydrogen) atoms. The van der Waals surface area contributed by atoms with E-state index in [0.717, 1.165) is 154 Å². The molecule has 0 N–H and O–H groups in total. The van der Waals surface area contributed by atoms with Gasteiger partial charge < -0.3 is 57.5 Å². The van der Waals surface area contributed by atoms with E-state index in [4.69, 9.17) is 43.7 Å². The Morgan fingerprint density at radius 1 is 0.260 bits per heavy atom. The summed E-state index contributed by atoms with van der Waals surface area (Å²) in [4.78, 5) is 52.4. The third-order valence-corrected chi connectivity index (χ3v) is 23.7. The van der Waals surface area contributed by atoms with Gasteiger partial charge in [0, 0.05) is 200 Å². The van der Waals surface area contributed by atoms with Gasteiger partial charge in [-0.3, -0.25) is 0 Å². The van der Waals surface area contributed by atoms with Gasteiger partial charge >= 0.3 is 0 Å². The fraction of sp³-hybridized carbons (Fsp3) is 0.169. The minimum atomic E-state index is -3.28. The summed E-state index contributed by atoms with van der Waals surface area (Å²) in [5, 5.41) is 7.00. The molecule has 0 saturated heterocycles. The van der Waals surface area contributed by atoms with Crippen molar-refractivity contribution in [2.75, 3.05) is 0 Å². The van der Waals surface area contributed by atoms with Crippen LogP contribution < -0.4 is 0 Å². The molecule has 0 bridgehead atoms. The van der Waals surface area contributed by atoms with Gasteiger partial charge in [0.1, 0.15) is 0 Å². The molecule has 0 amide bonds. The van der Waals surface area contributed by atoms with Crippen LogP contribution in [0.3, 0.4) is 0 Å². The van der Waals surface area contributed by atoms with Crippen LogP contribution in [0.4, 0.5) is 0 Å².